The summed E-state index contributed by atoms with van der Waals surface area (Å²) in [5, 5.41) is 8.66. The number of allylic oxidation sites excluding steroid dienone is 1. The normalized spacial score (nSPS) is 16.5. The van der Waals surface area contributed by atoms with E-state index in [-0.39, 0.29) is 6.54 Å². The topological polar surface area (TPSA) is 20.2 Å². The maximum Gasteiger partial charge on any atom is 0.460 e. The molecule has 0 rings (SSSR count). The van der Waals surface area contributed by atoms with E-state index in [0.29, 0.717) is 0 Å². The summed E-state index contributed by atoms with van der Waals surface area (Å²) in [7, 11) is 2.08. The lowest BCUT2D eigenvalue weighted by molar-refractivity contribution is -0.884. The van der Waals surface area contributed by atoms with E-state index in [9.17, 15) is 70.2 Å². The molecule has 2 nitrogen and oxygen atoms in total. The molecule has 0 aliphatic rings. The number of alkyl halides is 15. The van der Waals surface area contributed by atoms with Gasteiger partial charge in [0.05, 0.1) is 20.7 Å². The number of quaternary nitrogens is 1. The Balaban J connectivity index is 6.48. The summed E-state index contributed by atoms with van der Waals surface area (Å²) in [5.41, 5.74) is 0. The number of halogens is 16. The molecule has 0 aromatic heterocycles. The zero-order valence-corrected chi connectivity index (χ0v) is 15.6. The van der Waals surface area contributed by atoms with E-state index in [1.54, 1.807) is 0 Å². The molecule has 192 valence electrons. The van der Waals surface area contributed by atoms with Crippen LogP contribution >= 0.6 is 0 Å². The summed E-state index contributed by atoms with van der Waals surface area (Å²) in [5.74, 6) is -51.8. The van der Waals surface area contributed by atoms with Crippen LogP contribution in [0.25, 0.3) is 0 Å². The number of rotatable bonds is 10. The minimum absolute atomic E-state index is 0.376. The first kappa shape index (κ1) is 30.5. The second-order valence-electron chi connectivity index (χ2n) is 7.06. The van der Waals surface area contributed by atoms with Gasteiger partial charge in [0.15, 0.2) is 5.83 Å². The monoisotopic (exact) mass is 516 g/mol. The van der Waals surface area contributed by atoms with Crippen molar-refractivity contribution in [3.05, 3.63) is 11.9 Å². The highest BCUT2D eigenvalue weighted by Crippen LogP contribution is 2.63. The van der Waals surface area contributed by atoms with Gasteiger partial charge in [-0.05, 0) is 0 Å². The second kappa shape index (κ2) is 8.39. The van der Waals surface area contributed by atoms with Crippen molar-refractivity contribution in [3.63, 3.8) is 0 Å². The lowest BCUT2D eigenvalue weighted by Crippen LogP contribution is -2.72. The van der Waals surface area contributed by atoms with Gasteiger partial charge in [0.1, 0.15) is 13.1 Å². The molecule has 0 spiro atoms. The van der Waals surface area contributed by atoms with Gasteiger partial charge in [-0.25, -0.2) is 4.39 Å². The van der Waals surface area contributed by atoms with E-state index < -0.39 is 71.2 Å². The summed E-state index contributed by atoms with van der Waals surface area (Å²) in [6, 6.07) is 0. The van der Waals surface area contributed by atoms with Crippen LogP contribution in [-0.2, 0) is 0 Å². The average molecular weight is 516 g/mol. The van der Waals surface area contributed by atoms with Gasteiger partial charge in [0.25, 0.3) is 0 Å². The Labute approximate surface area is 168 Å². The quantitative estimate of drug-likeness (QED) is 0.310. The Morgan fingerprint density at radius 1 is 0.656 bits per heavy atom. The van der Waals surface area contributed by atoms with Crippen molar-refractivity contribution < 1.29 is 79.8 Å². The lowest BCUT2D eigenvalue weighted by atomic mass is 9.90. The molecule has 0 saturated heterocycles. The molecule has 18 heteroatoms. The zero-order chi connectivity index (χ0) is 26.4. The highest BCUT2D eigenvalue weighted by molar-refractivity contribution is 5.19. The Kier molecular flexibility index (Phi) is 8.01. The lowest BCUT2D eigenvalue weighted by Gasteiger charge is -2.41. The molecule has 0 aliphatic carbocycles. The minimum Gasteiger partial charge on any atom is -0.391 e. The fourth-order valence-corrected chi connectivity index (χ4v) is 1.93. The third-order valence-electron chi connectivity index (χ3n) is 4.10. The van der Waals surface area contributed by atoms with Crippen molar-refractivity contribution in [3.8, 4) is 0 Å². The summed E-state index contributed by atoms with van der Waals surface area (Å²) in [4.78, 5) is 0. The standard InChI is InChI=1S/C14H14F16NO/c1-31(2,5-6-32)4-3-7(15)8(16,17)9(18,19)10(20,21)11(22,23)12(24,25)13(26,27)14(28,29)30/h3,32H,4-6H2,1-2H3/q+1. The molecule has 0 amide bonds. The molecule has 0 aromatic carbocycles. The van der Waals surface area contributed by atoms with Crippen LogP contribution in [0.4, 0.5) is 70.2 Å². The molecule has 0 unspecified atom stereocenters. The van der Waals surface area contributed by atoms with E-state index in [4.69, 9.17) is 5.11 Å². The highest BCUT2D eigenvalue weighted by Gasteiger charge is 2.93. The number of nitrogens with zero attached hydrogens (tertiary/aromatic N) is 1. The molecule has 0 atom stereocenters. The first-order valence-electron chi connectivity index (χ1n) is 7.81. The predicted octanol–water partition coefficient (Wildman–Crippen LogP) is 5.28. The molecule has 0 aliphatic heterocycles. The molecule has 0 heterocycles. The molecule has 32 heavy (non-hydrogen) atoms. The van der Waals surface area contributed by atoms with Crippen LogP contribution in [0.3, 0.4) is 0 Å². The Bertz CT molecular complexity index is 693. The largest absolute Gasteiger partial charge is 0.460 e. The minimum atomic E-state index is -8.46. The fourth-order valence-electron chi connectivity index (χ4n) is 1.93. The first-order valence-corrected chi connectivity index (χ1v) is 7.81. The first-order chi connectivity index (χ1) is 13.7. The van der Waals surface area contributed by atoms with E-state index in [1.165, 1.54) is 0 Å². The van der Waals surface area contributed by atoms with Gasteiger partial charge in [-0.1, -0.05) is 0 Å². The van der Waals surface area contributed by atoms with Crippen LogP contribution in [0.1, 0.15) is 0 Å². The summed E-state index contributed by atoms with van der Waals surface area (Å²) in [6.07, 6.45) is -8.27. The maximum atomic E-state index is 13.6. The van der Waals surface area contributed by atoms with E-state index in [2.05, 4.69) is 0 Å². The number of hydrogen-bond acceptors (Lipinski definition) is 1. The van der Waals surface area contributed by atoms with Crippen LogP contribution < -0.4 is 0 Å². The van der Waals surface area contributed by atoms with Crippen LogP contribution in [0.15, 0.2) is 11.9 Å². The number of aliphatic hydroxyl groups is 1. The number of aliphatic hydroxyl groups excluding tert-OH is 1. The smallest absolute Gasteiger partial charge is 0.391 e. The Hall–Kier alpha value is -1.46. The summed E-state index contributed by atoms with van der Waals surface area (Å²) >= 11 is 0. The molecule has 0 saturated carbocycles. The highest BCUT2D eigenvalue weighted by atomic mass is 19.4. The van der Waals surface area contributed by atoms with Crippen molar-refractivity contribution in [2.45, 2.75) is 41.7 Å². The third kappa shape index (κ3) is 4.61. The molecule has 0 aromatic rings. The van der Waals surface area contributed by atoms with Crippen LogP contribution in [-0.4, -0.2) is 85.1 Å². The molecule has 0 bridgehead atoms. The van der Waals surface area contributed by atoms with Crippen LogP contribution in [0, 0.1) is 0 Å². The van der Waals surface area contributed by atoms with Crippen molar-refractivity contribution >= 4 is 0 Å². The van der Waals surface area contributed by atoms with Gasteiger partial charge < -0.3 is 9.59 Å². The number of hydrogen-bond donors (Lipinski definition) is 1. The van der Waals surface area contributed by atoms with E-state index in [1.807, 2.05) is 0 Å². The number of likely N-dealkylation sites (N-methyl/N-ethyl adjacent to an activating group) is 1. The molecular weight excluding hydrogens is 502 g/mol. The summed E-state index contributed by atoms with van der Waals surface area (Å²) in [6.45, 7) is -2.16. The van der Waals surface area contributed by atoms with Gasteiger partial charge in [-0.3, -0.25) is 0 Å². The molecule has 0 radical (unpaired) electrons. The van der Waals surface area contributed by atoms with Crippen LogP contribution in [0.5, 0.6) is 0 Å². The van der Waals surface area contributed by atoms with E-state index >= 15 is 0 Å². The van der Waals surface area contributed by atoms with E-state index in [0.717, 1.165) is 14.1 Å². The van der Waals surface area contributed by atoms with Crippen LogP contribution in [0.2, 0.25) is 0 Å². The van der Waals surface area contributed by atoms with Gasteiger partial charge >= 0.3 is 41.7 Å². The fraction of sp³-hybridized carbons (Fsp3) is 0.857. The van der Waals surface area contributed by atoms with Crippen molar-refractivity contribution in [2.75, 3.05) is 33.8 Å². The molecular formula is C14H14F16NO+. The average Bonchev–Trinajstić information content (AvgIpc) is 2.57. The molecule has 0 fully saturated rings. The predicted molar refractivity (Wildman–Crippen MR) is 73.9 cm³/mol. The van der Waals surface area contributed by atoms with Gasteiger partial charge in [-0.2, -0.15) is 65.9 Å². The third-order valence-corrected chi connectivity index (χ3v) is 4.10. The Morgan fingerprint density at radius 3 is 1.34 bits per heavy atom. The van der Waals surface area contributed by atoms with Gasteiger partial charge in [-0.15, -0.1) is 0 Å². The maximum absolute atomic E-state index is 13.6. The molecule has 1 N–H and O–H groups in total. The summed E-state index contributed by atoms with van der Waals surface area (Å²) < 4.78 is 208. The van der Waals surface area contributed by atoms with Gasteiger partial charge in [0.2, 0.25) is 0 Å². The zero-order valence-electron chi connectivity index (χ0n) is 15.6. The van der Waals surface area contributed by atoms with Crippen molar-refractivity contribution in [2.24, 2.45) is 0 Å². The second-order valence-corrected chi connectivity index (χ2v) is 7.06. The van der Waals surface area contributed by atoms with Gasteiger partial charge in [0, 0.05) is 6.08 Å². The SMILES string of the molecule is C[N+](C)(CC=C(F)C(F)(F)C(F)(F)C(F)(F)C(F)(F)C(F)(F)C(F)(F)C(F)(F)F)CCO. The Morgan fingerprint density at radius 2 is 1.00 bits per heavy atom. The van der Waals surface area contributed by atoms with Crippen molar-refractivity contribution in [1.82, 2.24) is 0 Å². The van der Waals surface area contributed by atoms with Crippen molar-refractivity contribution in [1.29, 1.82) is 0 Å².